The molecule has 0 fully saturated rings. The SMILES string of the molecule is CC[C@@H](NC(=O)CCCN(c1ccc(OC)c(Cl)c1)S(C)(=O)=O)c1ccc2c(c1)CCCC2. The zero-order chi connectivity index (χ0) is 24.0. The molecule has 2 aromatic carbocycles. The molecular weight excluding hydrogens is 460 g/mol. The first-order valence-electron chi connectivity index (χ1n) is 11.4. The summed E-state index contributed by atoms with van der Waals surface area (Å²) in [6.07, 6.45) is 7.27. The van der Waals surface area contributed by atoms with Gasteiger partial charge in [-0.1, -0.05) is 36.7 Å². The molecule has 2 aromatic rings. The second kappa shape index (κ2) is 11.3. The first kappa shape index (κ1) is 25.4. The van der Waals surface area contributed by atoms with Gasteiger partial charge in [0.15, 0.2) is 0 Å². The molecule has 0 radical (unpaired) electrons. The lowest BCUT2D eigenvalue weighted by Gasteiger charge is -2.24. The number of amides is 1. The van der Waals surface area contributed by atoms with Crippen molar-refractivity contribution in [2.75, 3.05) is 24.2 Å². The van der Waals surface area contributed by atoms with Crippen LogP contribution in [0.25, 0.3) is 0 Å². The Morgan fingerprint density at radius 2 is 1.88 bits per heavy atom. The van der Waals surface area contributed by atoms with Crippen LogP contribution in [0.2, 0.25) is 5.02 Å². The summed E-state index contributed by atoms with van der Waals surface area (Å²) < 4.78 is 31.1. The van der Waals surface area contributed by atoms with Gasteiger partial charge in [0.05, 0.1) is 30.1 Å². The molecule has 0 unspecified atom stereocenters. The summed E-state index contributed by atoms with van der Waals surface area (Å²) in [7, 11) is -2.03. The topological polar surface area (TPSA) is 75.7 Å². The van der Waals surface area contributed by atoms with Gasteiger partial charge >= 0.3 is 0 Å². The van der Waals surface area contributed by atoms with E-state index in [0.29, 0.717) is 22.9 Å². The lowest BCUT2D eigenvalue weighted by Crippen LogP contribution is -2.33. The van der Waals surface area contributed by atoms with Crippen molar-refractivity contribution in [3.63, 3.8) is 0 Å². The van der Waals surface area contributed by atoms with Crippen molar-refractivity contribution in [3.05, 3.63) is 58.1 Å². The average Bonchev–Trinajstić information content (AvgIpc) is 2.79. The van der Waals surface area contributed by atoms with E-state index >= 15 is 0 Å². The smallest absolute Gasteiger partial charge is 0.232 e. The standard InChI is InChI=1S/C25H33ClN2O4S/c1-4-23(20-12-11-18-8-5-6-9-19(18)16-20)27-25(29)10-7-15-28(33(3,30)31)21-13-14-24(32-2)22(26)17-21/h11-14,16-17,23H,4-10,15H2,1-3H3,(H,27,29)/t23-/m1/s1. The monoisotopic (exact) mass is 492 g/mol. The third-order valence-corrected chi connectivity index (χ3v) is 7.60. The van der Waals surface area contributed by atoms with Crippen molar-refractivity contribution in [3.8, 4) is 5.75 Å². The zero-order valence-electron chi connectivity index (χ0n) is 19.6. The van der Waals surface area contributed by atoms with E-state index in [2.05, 4.69) is 30.4 Å². The maximum absolute atomic E-state index is 12.7. The molecule has 1 amide bonds. The van der Waals surface area contributed by atoms with Crippen molar-refractivity contribution < 1.29 is 17.9 Å². The second-order valence-electron chi connectivity index (χ2n) is 8.52. The second-order valence-corrected chi connectivity index (χ2v) is 10.8. The molecule has 0 aliphatic heterocycles. The van der Waals surface area contributed by atoms with Gasteiger partial charge in [-0.3, -0.25) is 9.10 Å². The van der Waals surface area contributed by atoms with Crippen LogP contribution in [0, 0.1) is 0 Å². The highest BCUT2D eigenvalue weighted by Gasteiger charge is 2.20. The summed E-state index contributed by atoms with van der Waals surface area (Å²) in [5, 5.41) is 3.45. The molecule has 0 saturated carbocycles. The van der Waals surface area contributed by atoms with Gasteiger partial charge in [-0.25, -0.2) is 8.42 Å². The van der Waals surface area contributed by atoms with Crippen LogP contribution in [-0.2, 0) is 27.7 Å². The maximum atomic E-state index is 12.7. The molecule has 6 nitrogen and oxygen atoms in total. The Labute approximate surface area is 202 Å². The van der Waals surface area contributed by atoms with E-state index in [-0.39, 0.29) is 24.9 Å². The summed E-state index contributed by atoms with van der Waals surface area (Å²) in [5.74, 6) is 0.391. The number of fused-ring (bicyclic) bond motifs is 1. The minimum absolute atomic E-state index is 0.0452. The number of nitrogens with zero attached hydrogens (tertiary/aromatic N) is 1. The van der Waals surface area contributed by atoms with Crippen LogP contribution in [0.4, 0.5) is 5.69 Å². The quantitative estimate of drug-likeness (QED) is 0.504. The Bertz CT molecular complexity index is 1090. The maximum Gasteiger partial charge on any atom is 0.232 e. The fraction of sp³-hybridized carbons (Fsp3) is 0.480. The van der Waals surface area contributed by atoms with Crippen LogP contribution in [0.5, 0.6) is 5.75 Å². The Hall–Kier alpha value is -2.25. The molecule has 0 bridgehead atoms. The fourth-order valence-corrected chi connectivity index (χ4v) is 5.55. The number of anilines is 1. The lowest BCUT2D eigenvalue weighted by atomic mass is 9.89. The van der Waals surface area contributed by atoms with Gasteiger partial charge in [0.25, 0.3) is 0 Å². The number of sulfonamides is 1. The highest BCUT2D eigenvalue weighted by molar-refractivity contribution is 7.92. The van der Waals surface area contributed by atoms with Gasteiger partial charge in [0.2, 0.25) is 15.9 Å². The minimum atomic E-state index is -3.53. The van der Waals surface area contributed by atoms with Crippen LogP contribution < -0.4 is 14.4 Å². The van der Waals surface area contributed by atoms with E-state index < -0.39 is 10.0 Å². The summed E-state index contributed by atoms with van der Waals surface area (Å²) in [5.41, 5.74) is 4.40. The largest absolute Gasteiger partial charge is 0.495 e. The Balaban J connectivity index is 1.61. The van der Waals surface area contributed by atoms with Crippen LogP contribution in [0.1, 0.15) is 61.8 Å². The van der Waals surface area contributed by atoms with Crippen LogP contribution in [0.15, 0.2) is 36.4 Å². The van der Waals surface area contributed by atoms with Crippen LogP contribution in [0.3, 0.4) is 0 Å². The van der Waals surface area contributed by atoms with Gasteiger partial charge in [0, 0.05) is 13.0 Å². The van der Waals surface area contributed by atoms with Crippen molar-refractivity contribution in [2.24, 2.45) is 0 Å². The zero-order valence-corrected chi connectivity index (χ0v) is 21.1. The minimum Gasteiger partial charge on any atom is -0.495 e. The molecule has 0 saturated heterocycles. The number of hydrogen-bond acceptors (Lipinski definition) is 4. The molecule has 1 atom stereocenters. The lowest BCUT2D eigenvalue weighted by molar-refractivity contribution is -0.121. The molecule has 8 heteroatoms. The number of carbonyl (C=O) groups excluding carboxylic acids is 1. The van der Waals surface area contributed by atoms with Crippen molar-refractivity contribution in [2.45, 2.75) is 57.9 Å². The number of aryl methyl sites for hydroxylation is 2. The van der Waals surface area contributed by atoms with Crippen LogP contribution >= 0.6 is 11.6 Å². The number of hydrogen-bond donors (Lipinski definition) is 1. The predicted molar refractivity (Wildman–Crippen MR) is 134 cm³/mol. The van der Waals surface area contributed by atoms with E-state index in [0.717, 1.165) is 31.1 Å². The highest BCUT2D eigenvalue weighted by Crippen LogP contribution is 2.30. The van der Waals surface area contributed by atoms with E-state index in [4.69, 9.17) is 16.3 Å². The first-order chi connectivity index (χ1) is 15.7. The van der Waals surface area contributed by atoms with E-state index in [1.54, 1.807) is 18.2 Å². The molecular formula is C25H33ClN2O4S. The Morgan fingerprint density at radius 1 is 1.15 bits per heavy atom. The Morgan fingerprint density at radius 3 is 2.52 bits per heavy atom. The Kier molecular flexibility index (Phi) is 8.65. The average molecular weight is 493 g/mol. The van der Waals surface area contributed by atoms with E-state index in [9.17, 15) is 13.2 Å². The number of nitrogens with one attached hydrogen (secondary N) is 1. The molecule has 1 aliphatic rings. The van der Waals surface area contributed by atoms with Crippen LogP contribution in [-0.4, -0.2) is 34.2 Å². The fourth-order valence-electron chi connectivity index (χ4n) is 4.34. The van der Waals surface area contributed by atoms with E-state index in [1.165, 1.54) is 35.4 Å². The first-order valence-corrected chi connectivity index (χ1v) is 13.7. The van der Waals surface area contributed by atoms with Crippen molar-refractivity contribution in [1.29, 1.82) is 0 Å². The number of benzene rings is 2. The third-order valence-electron chi connectivity index (χ3n) is 6.11. The van der Waals surface area contributed by atoms with Crippen molar-refractivity contribution in [1.82, 2.24) is 5.32 Å². The molecule has 3 rings (SSSR count). The molecule has 0 heterocycles. The van der Waals surface area contributed by atoms with Gasteiger partial charge in [-0.2, -0.15) is 0 Å². The van der Waals surface area contributed by atoms with E-state index in [1.807, 2.05) is 0 Å². The normalized spacial score (nSPS) is 14.3. The van der Waals surface area contributed by atoms with Gasteiger partial charge < -0.3 is 10.1 Å². The molecule has 0 spiro atoms. The highest BCUT2D eigenvalue weighted by atomic mass is 35.5. The number of carbonyl (C=O) groups is 1. The van der Waals surface area contributed by atoms with Gasteiger partial charge in [-0.05, 0) is 73.4 Å². The molecule has 1 aliphatic carbocycles. The number of halogens is 1. The van der Waals surface area contributed by atoms with Gasteiger partial charge in [-0.15, -0.1) is 0 Å². The number of rotatable bonds is 10. The third kappa shape index (κ3) is 6.64. The summed E-state index contributed by atoms with van der Waals surface area (Å²) in [6, 6.07) is 11.4. The molecule has 0 aromatic heterocycles. The molecule has 1 N–H and O–H groups in total. The van der Waals surface area contributed by atoms with Crippen molar-refractivity contribution >= 4 is 33.2 Å². The number of ether oxygens (including phenoxy) is 1. The molecule has 180 valence electrons. The number of methoxy groups -OCH3 is 1. The summed E-state index contributed by atoms with van der Waals surface area (Å²) in [6.45, 7) is 2.24. The van der Waals surface area contributed by atoms with Gasteiger partial charge in [0.1, 0.15) is 5.75 Å². The summed E-state index contributed by atoms with van der Waals surface area (Å²) >= 11 is 6.17. The summed E-state index contributed by atoms with van der Waals surface area (Å²) in [4.78, 5) is 12.7. The molecule has 33 heavy (non-hydrogen) atoms. The predicted octanol–water partition coefficient (Wildman–Crippen LogP) is 5.04.